The molecule has 3 nitrogen and oxygen atoms in total. The minimum Gasteiger partial charge on any atom is -0.496 e. The Morgan fingerprint density at radius 3 is 2.53 bits per heavy atom. The summed E-state index contributed by atoms with van der Waals surface area (Å²) in [6.07, 6.45) is 2.14. The fraction of sp³-hybridized carbons (Fsp3) is 0.500. The van der Waals surface area contributed by atoms with Gasteiger partial charge in [-0.2, -0.15) is 0 Å². The molecule has 1 atom stereocenters. The normalized spacial score (nSPS) is 18.7. The molecule has 0 radical (unpaired) electrons. The second kappa shape index (κ2) is 4.11. The molecule has 3 heteroatoms. The lowest BCUT2D eigenvalue weighted by Gasteiger charge is -2.15. The number of fused-ring (bicyclic) bond motifs is 1. The van der Waals surface area contributed by atoms with Gasteiger partial charge in [0.15, 0.2) is 0 Å². The summed E-state index contributed by atoms with van der Waals surface area (Å²) in [5, 5.41) is 0. The first-order chi connectivity index (χ1) is 7.31. The number of nitrogens with two attached hydrogens (primary N) is 1. The van der Waals surface area contributed by atoms with Crippen LogP contribution in [0.5, 0.6) is 11.5 Å². The highest BCUT2D eigenvalue weighted by Crippen LogP contribution is 2.43. The Kier molecular flexibility index (Phi) is 2.82. The Labute approximate surface area is 90.2 Å². The smallest absolute Gasteiger partial charge is 0.122 e. The van der Waals surface area contributed by atoms with Gasteiger partial charge in [0.1, 0.15) is 11.5 Å². The van der Waals surface area contributed by atoms with E-state index >= 15 is 0 Å². The molecular weight excluding hydrogens is 190 g/mol. The molecule has 2 N–H and O–H groups in total. The quantitative estimate of drug-likeness (QED) is 0.820. The van der Waals surface area contributed by atoms with Crippen molar-refractivity contribution in [1.82, 2.24) is 0 Å². The average molecular weight is 207 g/mol. The van der Waals surface area contributed by atoms with Crippen molar-refractivity contribution in [2.24, 2.45) is 5.73 Å². The van der Waals surface area contributed by atoms with E-state index in [0.717, 1.165) is 24.3 Å². The Balaban J connectivity index is 2.52. The third-order valence-corrected chi connectivity index (χ3v) is 3.15. The molecule has 1 aliphatic carbocycles. The summed E-state index contributed by atoms with van der Waals surface area (Å²) in [7, 11) is 3.41. The minimum atomic E-state index is 0.421. The zero-order valence-corrected chi connectivity index (χ0v) is 9.25. The molecule has 0 fully saturated rings. The zero-order valence-electron chi connectivity index (χ0n) is 9.25. The highest BCUT2D eigenvalue weighted by atomic mass is 16.5. The lowest BCUT2D eigenvalue weighted by atomic mass is 10.00. The van der Waals surface area contributed by atoms with E-state index in [2.05, 4.69) is 0 Å². The van der Waals surface area contributed by atoms with E-state index in [-0.39, 0.29) is 0 Å². The van der Waals surface area contributed by atoms with Crippen molar-refractivity contribution in [3.05, 3.63) is 23.3 Å². The van der Waals surface area contributed by atoms with E-state index in [1.165, 1.54) is 11.1 Å². The fourth-order valence-electron chi connectivity index (χ4n) is 2.40. The van der Waals surface area contributed by atoms with Crippen LogP contribution in [0.25, 0.3) is 0 Å². The van der Waals surface area contributed by atoms with E-state index < -0.39 is 0 Å². The van der Waals surface area contributed by atoms with Gasteiger partial charge in [0.2, 0.25) is 0 Å². The summed E-state index contributed by atoms with van der Waals surface area (Å²) < 4.78 is 10.7. The molecule has 15 heavy (non-hydrogen) atoms. The van der Waals surface area contributed by atoms with Gasteiger partial charge in [-0.05, 0) is 31.5 Å². The third-order valence-electron chi connectivity index (χ3n) is 3.15. The van der Waals surface area contributed by atoms with E-state index in [4.69, 9.17) is 15.2 Å². The second-order valence-electron chi connectivity index (χ2n) is 3.83. The van der Waals surface area contributed by atoms with Gasteiger partial charge in [-0.15, -0.1) is 0 Å². The molecule has 0 saturated heterocycles. The lowest BCUT2D eigenvalue weighted by molar-refractivity contribution is 0.396. The van der Waals surface area contributed by atoms with Crippen LogP contribution < -0.4 is 15.2 Å². The summed E-state index contributed by atoms with van der Waals surface area (Å²) in [6.45, 7) is 0.677. The van der Waals surface area contributed by atoms with Crippen LogP contribution >= 0.6 is 0 Å². The summed E-state index contributed by atoms with van der Waals surface area (Å²) in [5.74, 6) is 2.32. The van der Waals surface area contributed by atoms with Crippen LogP contribution in [-0.4, -0.2) is 20.8 Å². The summed E-state index contributed by atoms with van der Waals surface area (Å²) >= 11 is 0. The molecule has 1 aliphatic rings. The number of benzene rings is 1. The maximum absolute atomic E-state index is 5.77. The molecule has 0 amide bonds. The fourth-order valence-corrected chi connectivity index (χ4v) is 2.40. The monoisotopic (exact) mass is 207 g/mol. The lowest BCUT2D eigenvalue weighted by Crippen LogP contribution is -2.10. The molecular formula is C12H17NO2. The average Bonchev–Trinajstić information content (AvgIpc) is 2.71. The summed E-state index contributed by atoms with van der Waals surface area (Å²) in [5.41, 5.74) is 8.29. The summed E-state index contributed by atoms with van der Waals surface area (Å²) in [6, 6.07) is 3.93. The molecule has 0 aliphatic heterocycles. The van der Waals surface area contributed by atoms with Gasteiger partial charge in [0, 0.05) is 17.0 Å². The van der Waals surface area contributed by atoms with Crippen LogP contribution in [0.3, 0.4) is 0 Å². The van der Waals surface area contributed by atoms with Crippen molar-refractivity contribution in [3.8, 4) is 11.5 Å². The van der Waals surface area contributed by atoms with Crippen molar-refractivity contribution in [2.45, 2.75) is 18.8 Å². The largest absolute Gasteiger partial charge is 0.496 e. The maximum Gasteiger partial charge on any atom is 0.122 e. The van der Waals surface area contributed by atoms with Gasteiger partial charge < -0.3 is 15.2 Å². The van der Waals surface area contributed by atoms with Gasteiger partial charge in [-0.3, -0.25) is 0 Å². The molecule has 2 rings (SSSR count). The van der Waals surface area contributed by atoms with Gasteiger partial charge in [-0.1, -0.05) is 0 Å². The zero-order chi connectivity index (χ0) is 10.8. The van der Waals surface area contributed by atoms with E-state index in [0.29, 0.717) is 12.5 Å². The first-order valence-corrected chi connectivity index (χ1v) is 5.25. The van der Waals surface area contributed by atoms with Crippen LogP contribution in [0, 0.1) is 0 Å². The van der Waals surface area contributed by atoms with Crippen molar-refractivity contribution >= 4 is 0 Å². The molecule has 82 valence electrons. The van der Waals surface area contributed by atoms with Crippen molar-refractivity contribution in [1.29, 1.82) is 0 Å². The Bertz CT molecular complexity index is 363. The predicted octanol–water partition coefficient (Wildman–Crippen LogP) is 1.69. The van der Waals surface area contributed by atoms with Gasteiger partial charge >= 0.3 is 0 Å². The summed E-state index contributed by atoms with van der Waals surface area (Å²) in [4.78, 5) is 0. The van der Waals surface area contributed by atoms with Crippen LogP contribution in [0.1, 0.15) is 23.5 Å². The van der Waals surface area contributed by atoms with E-state index in [1.54, 1.807) is 14.2 Å². The standard InChI is InChI=1S/C12H17NO2/c1-14-10-5-6-11(15-2)12-8(7-13)3-4-9(10)12/h5-6,8H,3-4,7,13H2,1-2H3. The Morgan fingerprint density at radius 2 is 1.93 bits per heavy atom. The topological polar surface area (TPSA) is 44.5 Å². The molecule has 0 saturated carbocycles. The van der Waals surface area contributed by atoms with Crippen molar-refractivity contribution in [2.75, 3.05) is 20.8 Å². The molecule has 1 aromatic rings. The maximum atomic E-state index is 5.77. The highest BCUT2D eigenvalue weighted by molar-refractivity contribution is 5.53. The van der Waals surface area contributed by atoms with Crippen molar-refractivity contribution < 1.29 is 9.47 Å². The van der Waals surface area contributed by atoms with Gasteiger partial charge in [-0.25, -0.2) is 0 Å². The molecule has 1 unspecified atom stereocenters. The molecule has 1 aromatic carbocycles. The van der Waals surface area contributed by atoms with Crippen LogP contribution in [0.15, 0.2) is 12.1 Å². The molecule has 0 aromatic heterocycles. The molecule has 0 bridgehead atoms. The van der Waals surface area contributed by atoms with Gasteiger partial charge in [0.05, 0.1) is 14.2 Å². The number of hydrogen-bond donors (Lipinski definition) is 1. The van der Waals surface area contributed by atoms with Crippen molar-refractivity contribution in [3.63, 3.8) is 0 Å². The van der Waals surface area contributed by atoms with Crippen LogP contribution in [0.2, 0.25) is 0 Å². The number of ether oxygens (including phenoxy) is 2. The number of rotatable bonds is 3. The second-order valence-corrected chi connectivity index (χ2v) is 3.83. The molecule has 0 heterocycles. The first kappa shape index (κ1) is 10.3. The number of methoxy groups -OCH3 is 2. The van der Waals surface area contributed by atoms with E-state index in [9.17, 15) is 0 Å². The Hall–Kier alpha value is -1.22. The highest BCUT2D eigenvalue weighted by Gasteiger charge is 2.27. The SMILES string of the molecule is COc1ccc(OC)c2c1CCC2CN. The van der Waals surface area contributed by atoms with E-state index in [1.807, 2.05) is 12.1 Å². The first-order valence-electron chi connectivity index (χ1n) is 5.25. The Morgan fingerprint density at radius 1 is 1.27 bits per heavy atom. The predicted molar refractivity (Wildman–Crippen MR) is 59.7 cm³/mol. The van der Waals surface area contributed by atoms with Gasteiger partial charge in [0.25, 0.3) is 0 Å². The molecule has 0 spiro atoms. The third kappa shape index (κ3) is 1.57. The number of hydrogen-bond acceptors (Lipinski definition) is 3. The van der Waals surface area contributed by atoms with Crippen LogP contribution in [-0.2, 0) is 6.42 Å². The minimum absolute atomic E-state index is 0.421. The van der Waals surface area contributed by atoms with Crippen LogP contribution in [0.4, 0.5) is 0 Å².